The first-order chi connectivity index (χ1) is 14.5. The zero-order chi connectivity index (χ0) is 21.6. The molecule has 1 saturated carbocycles. The minimum absolute atomic E-state index is 0.0710. The number of nitrogens with zero attached hydrogens (tertiary/aromatic N) is 2. The van der Waals surface area contributed by atoms with E-state index in [1.807, 2.05) is 0 Å². The molecule has 2 heterocycles. The molecule has 0 aromatic carbocycles. The molecule has 0 spiro atoms. The van der Waals surface area contributed by atoms with Crippen LogP contribution in [-0.4, -0.2) is 41.9 Å². The number of rotatable bonds is 9. The van der Waals surface area contributed by atoms with Gasteiger partial charge in [-0.2, -0.15) is 0 Å². The second-order valence-corrected chi connectivity index (χ2v) is 7.56. The third kappa shape index (κ3) is 5.24. The lowest BCUT2D eigenvalue weighted by molar-refractivity contribution is -0.136. The number of carbonyl (C=O) groups is 1. The van der Waals surface area contributed by atoms with Gasteiger partial charge < -0.3 is 19.3 Å². The lowest BCUT2D eigenvalue weighted by Crippen LogP contribution is -2.36. The number of hydrogen-bond donors (Lipinski definition) is 1. The SMILES string of the molecule is COc1cc(C2(OC)CCC(COc3cc(CCC(=O)O)ccn3)CC2)c(F)cn1. The molecule has 1 fully saturated rings. The van der Waals surface area contributed by atoms with Crippen LogP contribution in [0.3, 0.4) is 0 Å². The van der Waals surface area contributed by atoms with E-state index in [2.05, 4.69) is 9.97 Å². The monoisotopic (exact) mass is 418 g/mol. The van der Waals surface area contributed by atoms with Crippen molar-refractivity contribution in [1.82, 2.24) is 9.97 Å². The third-order valence-corrected chi connectivity index (χ3v) is 5.73. The van der Waals surface area contributed by atoms with Crippen molar-refractivity contribution in [1.29, 1.82) is 0 Å². The summed E-state index contributed by atoms with van der Waals surface area (Å²) in [7, 11) is 3.11. The van der Waals surface area contributed by atoms with E-state index in [0.717, 1.165) is 18.4 Å². The van der Waals surface area contributed by atoms with E-state index in [9.17, 15) is 9.18 Å². The first-order valence-corrected chi connectivity index (χ1v) is 10.0. The van der Waals surface area contributed by atoms with Crippen LogP contribution in [0.2, 0.25) is 0 Å². The first kappa shape index (κ1) is 22.0. The summed E-state index contributed by atoms with van der Waals surface area (Å²) in [6.45, 7) is 0.497. The topological polar surface area (TPSA) is 90.8 Å². The molecular weight excluding hydrogens is 391 g/mol. The van der Waals surface area contributed by atoms with Crippen molar-refractivity contribution in [3.8, 4) is 11.8 Å². The van der Waals surface area contributed by atoms with E-state index in [1.165, 1.54) is 13.3 Å². The molecular formula is C22H27FN2O5. The molecule has 0 amide bonds. The van der Waals surface area contributed by atoms with Gasteiger partial charge in [0.25, 0.3) is 0 Å². The molecule has 1 aliphatic carbocycles. The Bertz CT molecular complexity index is 868. The van der Waals surface area contributed by atoms with Gasteiger partial charge in [0.2, 0.25) is 11.8 Å². The fourth-order valence-electron chi connectivity index (χ4n) is 3.91. The Balaban J connectivity index is 1.59. The molecule has 3 rings (SSSR count). The van der Waals surface area contributed by atoms with Crippen LogP contribution in [0.5, 0.6) is 11.8 Å². The molecule has 1 N–H and O–H groups in total. The summed E-state index contributed by atoms with van der Waals surface area (Å²) in [4.78, 5) is 18.9. The summed E-state index contributed by atoms with van der Waals surface area (Å²) in [6, 6.07) is 5.19. The number of hydrogen-bond acceptors (Lipinski definition) is 6. The van der Waals surface area contributed by atoms with Crippen molar-refractivity contribution in [3.63, 3.8) is 0 Å². The Morgan fingerprint density at radius 2 is 2.00 bits per heavy atom. The van der Waals surface area contributed by atoms with Crippen molar-refractivity contribution in [3.05, 3.63) is 47.5 Å². The minimum atomic E-state index is -0.832. The number of carboxylic acids is 1. The zero-order valence-electron chi connectivity index (χ0n) is 17.3. The van der Waals surface area contributed by atoms with E-state index < -0.39 is 17.4 Å². The van der Waals surface area contributed by atoms with Crippen molar-refractivity contribution in [2.45, 2.75) is 44.1 Å². The Labute approximate surface area is 175 Å². The number of aryl methyl sites for hydroxylation is 1. The standard InChI is InChI=1S/C22H27FN2O5/c1-28-19-12-17(18(23)13-25-19)22(29-2)8-5-16(6-9-22)14-30-20-11-15(7-10-24-20)3-4-21(26)27/h7,10-13,16H,3-6,8-9,14H2,1-2H3,(H,26,27). The predicted molar refractivity (Wildman–Crippen MR) is 107 cm³/mol. The average Bonchev–Trinajstić information content (AvgIpc) is 2.77. The maximum Gasteiger partial charge on any atom is 0.303 e. The van der Waals surface area contributed by atoms with Crippen molar-refractivity contribution < 1.29 is 28.5 Å². The number of carboxylic acid groups (broad SMARTS) is 1. The second-order valence-electron chi connectivity index (χ2n) is 7.56. The molecule has 2 aromatic rings. The average molecular weight is 418 g/mol. The maximum absolute atomic E-state index is 14.5. The number of aliphatic carboxylic acids is 1. The number of pyridine rings is 2. The normalized spacial score (nSPS) is 21.2. The lowest BCUT2D eigenvalue weighted by atomic mass is 9.75. The van der Waals surface area contributed by atoms with Gasteiger partial charge in [0.05, 0.1) is 25.5 Å². The van der Waals surface area contributed by atoms with Crippen LogP contribution < -0.4 is 9.47 Å². The van der Waals surface area contributed by atoms with E-state index >= 15 is 0 Å². The number of aromatic nitrogens is 2. The molecule has 30 heavy (non-hydrogen) atoms. The summed E-state index contributed by atoms with van der Waals surface area (Å²) >= 11 is 0. The smallest absolute Gasteiger partial charge is 0.303 e. The first-order valence-electron chi connectivity index (χ1n) is 10.0. The quantitative estimate of drug-likeness (QED) is 0.663. The molecule has 162 valence electrons. The highest BCUT2D eigenvalue weighted by molar-refractivity contribution is 5.67. The van der Waals surface area contributed by atoms with E-state index in [1.54, 1.807) is 31.5 Å². The summed E-state index contributed by atoms with van der Waals surface area (Å²) in [5.74, 6) is -0.0749. The van der Waals surface area contributed by atoms with E-state index in [-0.39, 0.29) is 6.42 Å². The van der Waals surface area contributed by atoms with Gasteiger partial charge in [0, 0.05) is 37.4 Å². The fraction of sp³-hybridized carbons (Fsp3) is 0.500. The minimum Gasteiger partial charge on any atom is -0.481 e. The number of methoxy groups -OCH3 is 2. The van der Waals surface area contributed by atoms with Gasteiger partial charge in [-0.3, -0.25) is 4.79 Å². The van der Waals surface area contributed by atoms with Crippen LogP contribution in [0, 0.1) is 11.7 Å². The Morgan fingerprint density at radius 1 is 1.23 bits per heavy atom. The number of ether oxygens (including phenoxy) is 3. The molecule has 0 radical (unpaired) electrons. The fourth-order valence-corrected chi connectivity index (χ4v) is 3.91. The highest BCUT2D eigenvalue weighted by Crippen LogP contribution is 2.43. The van der Waals surface area contributed by atoms with Crippen LogP contribution >= 0.6 is 0 Å². The molecule has 0 unspecified atom stereocenters. The van der Waals surface area contributed by atoms with Crippen LogP contribution in [0.1, 0.15) is 43.2 Å². The van der Waals surface area contributed by atoms with Gasteiger partial charge in [-0.05, 0) is 49.7 Å². The van der Waals surface area contributed by atoms with Gasteiger partial charge >= 0.3 is 5.97 Å². The number of halogens is 1. The van der Waals surface area contributed by atoms with Gasteiger partial charge in [-0.15, -0.1) is 0 Å². The van der Waals surface area contributed by atoms with Crippen LogP contribution in [0.4, 0.5) is 4.39 Å². The zero-order valence-corrected chi connectivity index (χ0v) is 17.3. The largest absolute Gasteiger partial charge is 0.481 e. The Morgan fingerprint density at radius 3 is 2.67 bits per heavy atom. The van der Waals surface area contributed by atoms with Gasteiger partial charge in [-0.25, -0.2) is 14.4 Å². The lowest BCUT2D eigenvalue weighted by Gasteiger charge is -2.39. The van der Waals surface area contributed by atoms with Crippen LogP contribution in [-0.2, 0) is 21.6 Å². The molecule has 0 bridgehead atoms. The highest BCUT2D eigenvalue weighted by atomic mass is 19.1. The van der Waals surface area contributed by atoms with Crippen molar-refractivity contribution in [2.75, 3.05) is 20.8 Å². The summed E-state index contributed by atoms with van der Waals surface area (Å²) in [5.41, 5.74) is 0.654. The Hall–Kier alpha value is -2.74. The predicted octanol–water partition coefficient (Wildman–Crippen LogP) is 3.75. The summed E-state index contributed by atoms with van der Waals surface area (Å²) < 4.78 is 31.3. The molecule has 7 nitrogen and oxygen atoms in total. The molecule has 1 aliphatic rings. The Kier molecular flexibility index (Phi) is 7.20. The van der Waals surface area contributed by atoms with Crippen LogP contribution in [0.25, 0.3) is 0 Å². The van der Waals surface area contributed by atoms with E-state index in [4.69, 9.17) is 19.3 Å². The van der Waals surface area contributed by atoms with Gasteiger partial charge in [0.1, 0.15) is 5.82 Å². The van der Waals surface area contributed by atoms with Gasteiger partial charge in [0.15, 0.2) is 0 Å². The summed E-state index contributed by atoms with van der Waals surface area (Å²) in [6.07, 6.45) is 6.27. The van der Waals surface area contributed by atoms with Gasteiger partial charge in [-0.1, -0.05) is 0 Å². The molecule has 0 saturated heterocycles. The highest BCUT2D eigenvalue weighted by Gasteiger charge is 2.39. The molecule has 0 atom stereocenters. The molecule has 2 aromatic heterocycles. The van der Waals surface area contributed by atoms with Crippen molar-refractivity contribution >= 4 is 5.97 Å². The molecule has 0 aliphatic heterocycles. The maximum atomic E-state index is 14.5. The van der Waals surface area contributed by atoms with Crippen LogP contribution in [0.15, 0.2) is 30.6 Å². The summed E-state index contributed by atoms with van der Waals surface area (Å²) in [5, 5.41) is 8.82. The third-order valence-electron chi connectivity index (χ3n) is 5.73. The molecule has 8 heteroatoms. The second kappa shape index (κ2) is 9.84. The van der Waals surface area contributed by atoms with Crippen molar-refractivity contribution in [2.24, 2.45) is 5.92 Å². The van der Waals surface area contributed by atoms with E-state index in [0.29, 0.717) is 49.1 Å².